The van der Waals surface area contributed by atoms with Crippen LogP contribution < -0.4 is 10.6 Å². The lowest BCUT2D eigenvalue weighted by molar-refractivity contribution is -0.121. The van der Waals surface area contributed by atoms with Crippen LogP contribution in [0.2, 0.25) is 0 Å². The minimum atomic E-state index is -0.117. The molecule has 2 atom stereocenters. The minimum Gasteiger partial charge on any atom is -0.345 e. The van der Waals surface area contributed by atoms with Crippen molar-refractivity contribution in [2.45, 2.75) is 25.3 Å². The van der Waals surface area contributed by atoms with E-state index in [-0.39, 0.29) is 11.9 Å². The number of nitrogens with zero attached hydrogens (tertiary/aromatic N) is 1. The smallest absolute Gasteiger partial charge is 0.220 e. The first kappa shape index (κ1) is 15.7. The van der Waals surface area contributed by atoms with Gasteiger partial charge in [-0.3, -0.25) is 9.78 Å². The van der Waals surface area contributed by atoms with Crippen molar-refractivity contribution in [2.24, 2.45) is 5.92 Å². The quantitative estimate of drug-likeness (QED) is 0.862. The molecular formula is C19H23N3O. The lowest BCUT2D eigenvalue weighted by Crippen LogP contribution is -2.29. The second-order valence-corrected chi connectivity index (χ2v) is 6.09. The summed E-state index contributed by atoms with van der Waals surface area (Å²) in [6.45, 7) is 2.12. The molecule has 120 valence electrons. The van der Waals surface area contributed by atoms with Crippen molar-refractivity contribution >= 4 is 5.91 Å². The van der Waals surface area contributed by atoms with Crippen LogP contribution in [0.5, 0.6) is 0 Å². The fourth-order valence-electron chi connectivity index (χ4n) is 3.09. The molecule has 1 saturated heterocycles. The van der Waals surface area contributed by atoms with Crippen molar-refractivity contribution in [2.75, 3.05) is 13.1 Å². The highest BCUT2D eigenvalue weighted by molar-refractivity contribution is 5.77. The predicted molar refractivity (Wildman–Crippen MR) is 90.9 cm³/mol. The van der Waals surface area contributed by atoms with E-state index in [2.05, 4.69) is 15.6 Å². The van der Waals surface area contributed by atoms with E-state index >= 15 is 0 Å². The predicted octanol–water partition coefficient (Wildman–Crippen LogP) is 2.68. The van der Waals surface area contributed by atoms with Crippen molar-refractivity contribution in [1.29, 1.82) is 0 Å². The van der Waals surface area contributed by atoms with Gasteiger partial charge >= 0.3 is 0 Å². The highest BCUT2D eigenvalue weighted by Crippen LogP contribution is 2.22. The van der Waals surface area contributed by atoms with Gasteiger partial charge in [0.15, 0.2) is 0 Å². The van der Waals surface area contributed by atoms with Gasteiger partial charge in [0.1, 0.15) is 0 Å². The molecule has 3 rings (SSSR count). The van der Waals surface area contributed by atoms with Crippen molar-refractivity contribution in [3.63, 3.8) is 0 Å². The number of hydrogen-bond donors (Lipinski definition) is 2. The van der Waals surface area contributed by atoms with Crippen LogP contribution in [-0.2, 0) is 4.79 Å². The van der Waals surface area contributed by atoms with Gasteiger partial charge < -0.3 is 10.6 Å². The summed E-state index contributed by atoms with van der Waals surface area (Å²) in [4.78, 5) is 16.5. The molecule has 2 heterocycles. The van der Waals surface area contributed by atoms with Crippen LogP contribution in [0.3, 0.4) is 0 Å². The van der Waals surface area contributed by atoms with Crippen LogP contribution in [-0.4, -0.2) is 24.0 Å². The lowest BCUT2D eigenvalue weighted by Gasteiger charge is -2.20. The first-order valence-electron chi connectivity index (χ1n) is 8.28. The third-order valence-corrected chi connectivity index (χ3v) is 4.42. The van der Waals surface area contributed by atoms with Gasteiger partial charge in [0.05, 0.1) is 6.04 Å². The summed E-state index contributed by atoms with van der Waals surface area (Å²) in [5, 5.41) is 6.54. The average molecular weight is 309 g/mol. The SMILES string of the molecule is O=C(CCC1CCNC1)NC(c1ccccc1)c1ccncc1. The monoisotopic (exact) mass is 309 g/mol. The Morgan fingerprint density at radius 1 is 1.17 bits per heavy atom. The van der Waals surface area contributed by atoms with Gasteiger partial charge in [-0.05, 0) is 55.1 Å². The normalized spacial score (nSPS) is 18.5. The van der Waals surface area contributed by atoms with Gasteiger partial charge in [-0.1, -0.05) is 30.3 Å². The summed E-state index contributed by atoms with van der Waals surface area (Å²) in [7, 11) is 0. The number of hydrogen-bond acceptors (Lipinski definition) is 3. The van der Waals surface area contributed by atoms with Crippen LogP contribution in [0.15, 0.2) is 54.9 Å². The molecule has 1 aromatic carbocycles. The molecule has 1 aliphatic heterocycles. The van der Waals surface area contributed by atoms with Crippen molar-refractivity contribution < 1.29 is 4.79 Å². The maximum absolute atomic E-state index is 12.4. The maximum atomic E-state index is 12.4. The number of aromatic nitrogens is 1. The number of benzene rings is 1. The van der Waals surface area contributed by atoms with E-state index in [0.29, 0.717) is 12.3 Å². The molecule has 4 heteroatoms. The summed E-state index contributed by atoms with van der Waals surface area (Å²) in [5.74, 6) is 0.749. The summed E-state index contributed by atoms with van der Waals surface area (Å²) in [6, 6.07) is 13.9. The van der Waals surface area contributed by atoms with Gasteiger partial charge in [0.25, 0.3) is 0 Å². The Labute approximate surface area is 137 Å². The number of nitrogens with one attached hydrogen (secondary N) is 2. The number of carbonyl (C=O) groups excluding carboxylic acids is 1. The Kier molecular flexibility index (Phi) is 5.37. The number of rotatable bonds is 6. The number of pyridine rings is 1. The van der Waals surface area contributed by atoms with Crippen LogP contribution in [0.1, 0.15) is 36.4 Å². The molecule has 0 spiro atoms. The molecule has 1 fully saturated rings. The van der Waals surface area contributed by atoms with Crippen LogP contribution >= 0.6 is 0 Å². The first-order chi connectivity index (χ1) is 11.3. The van der Waals surface area contributed by atoms with E-state index in [0.717, 1.165) is 30.6 Å². The zero-order valence-electron chi connectivity index (χ0n) is 13.2. The molecule has 2 N–H and O–H groups in total. The van der Waals surface area contributed by atoms with Gasteiger partial charge in [-0.15, -0.1) is 0 Å². The van der Waals surface area contributed by atoms with Gasteiger partial charge in [0, 0.05) is 18.8 Å². The van der Waals surface area contributed by atoms with E-state index < -0.39 is 0 Å². The highest BCUT2D eigenvalue weighted by Gasteiger charge is 2.19. The standard InChI is InChI=1S/C19H23N3O/c23-18(7-6-15-8-11-21-14-15)22-19(16-4-2-1-3-5-16)17-9-12-20-13-10-17/h1-5,9-10,12-13,15,19,21H,6-8,11,14H2,(H,22,23). The molecule has 2 aromatic rings. The van der Waals surface area contributed by atoms with Crippen LogP contribution in [0.25, 0.3) is 0 Å². The van der Waals surface area contributed by atoms with E-state index in [1.54, 1.807) is 12.4 Å². The van der Waals surface area contributed by atoms with E-state index in [4.69, 9.17) is 0 Å². The van der Waals surface area contributed by atoms with E-state index in [9.17, 15) is 4.79 Å². The second kappa shape index (κ2) is 7.88. The molecule has 2 unspecified atom stereocenters. The molecule has 0 aliphatic carbocycles. The summed E-state index contributed by atoms with van der Waals surface area (Å²) in [6.07, 6.45) is 6.25. The summed E-state index contributed by atoms with van der Waals surface area (Å²) >= 11 is 0. The maximum Gasteiger partial charge on any atom is 0.220 e. The molecule has 23 heavy (non-hydrogen) atoms. The zero-order valence-corrected chi connectivity index (χ0v) is 13.2. The number of carbonyl (C=O) groups is 1. The Bertz CT molecular complexity index is 570. The fraction of sp³-hybridized carbons (Fsp3) is 0.368. The Morgan fingerprint density at radius 2 is 1.91 bits per heavy atom. The highest BCUT2D eigenvalue weighted by atomic mass is 16.1. The molecule has 0 saturated carbocycles. The van der Waals surface area contributed by atoms with Crippen molar-refractivity contribution in [1.82, 2.24) is 15.6 Å². The molecule has 1 amide bonds. The molecule has 1 aliphatic rings. The summed E-state index contributed by atoms with van der Waals surface area (Å²) < 4.78 is 0. The van der Waals surface area contributed by atoms with Gasteiger partial charge in [-0.2, -0.15) is 0 Å². The molecule has 4 nitrogen and oxygen atoms in total. The largest absolute Gasteiger partial charge is 0.345 e. The molecule has 0 radical (unpaired) electrons. The van der Waals surface area contributed by atoms with E-state index in [1.165, 1.54) is 6.42 Å². The third-order valence-electron chi connectivity index (χ3n) is 4.42. The molecule has 0 bridgehead atoms. The average Bonchev–Trinajstić information content (AvgIpc) is 3.13. The van der Waals surface area contributed by atoms with Gasteiger partial charge in [-0.25, -0.2) is 0 Å². The third kappa shape index (κ3) is 4.39. The summed E-state index contributed by atoms with van der Waals surface area (Å²) in [5.41, 5.74) is 2.15. The van der Waals surface area contributed by atoms with Gasteiger partial charge in [0.2, 0.25) is 5.91 Å². The fourth-order valence-corrected chi connectivity index (χ4v) is 3.09. The zero-order chi connectivity index (χ0) is 15.9. The second-order valence-electron chi connectivity index (χ2n) is 6.09. The first-order valence-corrected chi connectivity index (χ1v) is 8.28. The van der Waals surface area contributed by atoms with Crippen molar-refractivity contribution in [3.8, 4) is 0 Å². The molecule has 1 aromatic heterocycles. The lowest BCUT2D eigenvalue weighted by atomic mass is 9.98. The van der Waals surface area contributed by atoms with Crippen molar-refractivity contribution in [3.05, 3.63) is 66.0 Å². The number of amides is 1. The minimum absolute atomic E-state index is 0.113. The van der Waals surface area contributed by atoms with E-state index in [1.807, 2.05) is 42.5 Å². The Balaban J connectivity index is 1.67. The van der Waals surface area contributed by atoms with Crippen LogP contribution in [0, 0.1) is 5.92 Å². The Morgan fingerprint density at radius 3 is 2.61 bits per heavy atom. The topological polar surface area (TPSA) is 54.0 Å². The van der Waals surface area contributed by atoms with Crippen LogP contribution in [0.4, 0.5) is 0 Å². The Hall–Kier alpha value is -2.20. The molecular weight excluding hydrogens is 286 g/mol.